The summed E-state index contributed by atoms with van der Waals surface area (Å²) in [6.45, 7) is 8.06. The summed E-state index contributed by atoms with van der Waals surface area (Å²) in [4.78, 5) is 0. The Balaban J connectivity index is 2.31. The zero-order chi connectivity index (χ0) is 11.6. The first-order valence-corrected chi connectivity index (χ1v) is 6.84. The minimum absolute atomic E-state index is 0.449. The van der Waals surface area contributed by atoms with Crippen molar-refractivity contribution in [2.75, 3.05) is 13.2 Å². The van der Waals surface area contributed by atoms with Crippen molar-refractivity contribution < 1.29 is 4.74 Å². The molecule has 1 heterocycles. The second-order valence-corrected chi connectivity index (χ2v) is 4.69. The molecule has 1 aliphatic rings. The van der Waals surface area contributed by atoms with Crippen LogP contribution < -0.4 is 5.32 Å². The van der Waals surface area contributed by atoms with Gasteiger partial charge in [0, 0.05) is 12.6 Å². The lowest BCUT2D eigenvalue weighted by Crippen LogP contribution is -2.43. The summed E-state index contributed by atoms with van der Waals surface area (Å²) >= 11 is 0. The maximum Gasteiger partial charge on any atom is 0.0728 e. The quantitative estimate of drug-likeness (QED) is 0.505. The molecule has 0 spiro atoms. The number of ether oxygens (including phenoxy) is 1. The minimum atomic E-state index is 0.449. The summed E-state index contributed by atoms with van der Waals surface area (Å²) in [5.74, 6) is 0. The van der Waals surface area contributed by atoms with E-state index >= 15 is 0 Å². The molecule has 94 valence electrons. The molecule has 1 fully saturated rings. The number of allylic oxidation sites excluding steroid dienone is 1. The molecule has 0 amide bonds. The van der Waals surface area contributed by atoms with Crippen molar-refractivity contribution in [2.24, 2.45) is 0 Å². The van der Waals surface area contributed by atoms with Crippen LogP contribution in [0, 0.1) is 0 Å². The van der Waals surface area contributed by atoms with Crippen LogP contribution >= 0.6 is 0 Å². The molecule has 2 heteroatoms. The summed E-state index contributed by atoms with van der Waals surface area (Å²) in [5, 5.41) is 3.64. The molecule has 0 bridgehead atoms. The van der Waals surface area contributed by atoms with Gasteiger partial charge in [-0.05, 0) is 51.5 Å². The molecular formula is C14H27NO. The van der Waals surface area contributed by atoms with E-state index in [1.165, 1.54) is 38.5 Å². The average molecular weight is 225 g/mol. The predicted molar refractivity (Wildman–Crippen MR) is 69.7 cm³/mol. The molecule has 2 nitrogen and oxygen atoms in total. The molecule has 0 aromatic rings. The zero-order valence-corrected chi connectivity index (χ0v) is 10.7. The van der Waals surface area contributed by atoms with E-state index in [4.69, 9.17) is 4.74 Å². The van der Waals surface area contributed by atoms with Gasteiger partial charge in [0.1, 0.15) is 0 Å². The van der Waals surface area contributed by atoms with Crippen LogP contribution in [0.1, 0.15) is 51.9 Å². The summed E-state index contributed by atoms with van der Waals surface area (Å²) in [7, 11) is 0. The van der Waals surface area contributed by atoms with E-state index in [0.717, 1.165) is 19.6 Å². The fourth-order valence-corrected chi connectivity index (χ4v) is 2.31. The number of unbranched alkanes of at least 4 members (excludes halogenated alkanes) is 1. The fourth-order valence-electron chi connectivity index (χ4n) is 2.31. The van der Waals surface area contributed by atoms with Crippen molar-refractivity contribution in [3.8, 4) is 0 Å². The standard InChI is InChI=1S/C14H27NO/c1-3-5-6-9-13(15-11-4-2)14-10-7-8-12-16-14/h3,13-15H,1,4-12H2,2H3. The summed E-state index contributed by atoms with van der Waals surface area (Å²) in [6.07, 6.45) is 11.0. The van der Waals surface area contributed by atoms with Gasteiger partial charge in [0.05, 0.1) is 6.10 Å². The Morgan fingerprint density at radius 1 is 1.50 bits per heavy atom. The second kappa shape index (κ2) is 8.77. The van der Waals surface area contributed by atoms with Gasteiger partial charge in [-0.2, -0.15) is 0 Å². The largest absolute Gasteiger partial charge is 0.377 e. The van der Waals surface area contributed by atoms with Crippen LogP contribution in [0.4, 0.5) is 0 Å². The summed E-state index contributed by atoms with van der Waals surface area (Å²) in [5.41, 5.74) is 0. The van der Waals surface area contributed by atoms with Crippen LogP contribution in [0.2, 0.25) is 0 Å². The van der Waals surface area contributed by atoms with Crippen molar-refractivity contribution in [3.05, 3.63) is 12.7 Å². The third-order valence-electron chi connectivity index (χ3n) is 3.24. The maximum atomic E-state index is 5.88. The number of rotatable bonds is 8. The molecule has 2 unspecified atom stereocenters. The smallest absolute Gasteiger partial charge is 0.0728 e. The van der Waals surface area contributed by atoms with Gasteiger partial charge in [0.2, 0.25) is 0 Å². The van der Waals surface area contributed by atoms with Crippen LogP contribution in [0.25, 0.3) is 0 Å². The van der Waals surface area contributed by atoms with Crippen molar-refractivity contribution in [1.29, 1.82) is 0 Å². The highest BCUT2D eigenvalue weighted by atomic mass is 16.5. The maximum absolute atomic E-state index is 5.88. The van der Waals surface area contributed by atoms with E-state index in [9.17, 15) is 0 Å². The molecule has 1 N–H and O–H groups in total. The van der Waals surface area contributed by atoms with Gasteiger partial charge in [-0.1, -0.05) is 13.0 Å². The molecular weight excluding hydrogens is 198 g/mol. The SMILES string of the molecule is C=CCCCC(NCCC)C1CCCCO1. The minimum Gasteiger partial charge on any atom is -0.377 e. The lowest BCUT2D eigenvalue weighted by atomic mass is 9.97. The van der Waals surface area contributed by atoms with Gasteiger partial charge in [0.25, 0.3) is 0 Å². The molecule has 0 aliphatic carbocycles. The third-order valence-corrected chi connectivity index (χ3v) is 3.24. The third kappa shape index (κ3) is 5.13. The molecule has 1 rings (SSSR count). The van der Waals surface area contributed by atoms with Crippen molar-refractivity contribution >= 4 is 0 Å². The Morgan fingerprint density at radius 2 is 2.38 bits per heavy atom. The summed E-state index contributed by atoms with van der Waals surface area (Å²) in [6, 6.07) is 0.556. The van der Waals surface area contributed by atoms with Crippen LogP contribution in [-0.4, -0.2) is 25.3 Å². The Morgan fingerprint density at radius 3 is 3.00 bits per heavy atom. The van der Waals surface area contributed by atoms with Gasteiger partial charge < -0.3 is 10.1 Å². The fraction of sp³-hybridized carbons (Fsp3) is 0.857. The monoisotopic (exact) mass is 225 g/mol. The highest BCUT2D eigenvalue weighted by Crippen LogP contribution is 2.19. The second-order valence-electron chi connectivity index (χ2n) is 4.69. The average Bonchev–Trinajstić information content (AvgIpc) is 2.35. The van der Waals surface area contributed by atoms with Crippen LogP contribution in [-0.2, 0) is 4.74 Å². The van der Waals surface area contributed by atoms with Crippen LogP contribution in [0.5, 0.6) is 0 Å². The first kappa shape index (κ1) is 13.7. The van der Waals surface area contributed by atoms with Gasteiger partial charge in [0.15, 0.2) is 0 Å². The van der Waals surface area contributed by atoms with E-state index < -0.39 is 0 Å². The van der Waals surface area contributed by atoms with Gasteiger partial charge in [-0.3, -0.25) is 0 Å². The van der Waals surface area contributed by atoms with Crippen molar-refractivity contribution in [2.45, 2.75) is 64.0 Å². The Kier molecular flexibility index (Phi) is 7.52. The lowest BCUT2D eigenvalue weighted by Gasteiger charge is -2.31. The molecule has 0 aromatic carbocycles. The molecule has 0 saturated carbocycles. The van der Waals surface area contributed by atoms with E-state index in [2.05, 4.69) is 18.8 Å². The number of hydrogen-bond donors (Lipinski definition) is 1. The van der Waals surface area contributed by atoms with Gasteiger partial charge >= 0.3 is 0 Å². The van der Waals surface area contributed by atoms with Gasteiger partial charge in [-0.15, -0.1) is 6.58 Å². The van der Waals surface area contributed by atoms with Crippen LogP contribution in [0.3, 0.4) is 0 Å². The highest BCUT2D eigenvalue weighted by Gasteiger charge is 2.23. The first-order chi connectivity index (χ1) is 7.88. The Bertz CT molecular complexity index is 176. The van der Waals surface area contributed by atoms with E-state index in [0.29, 0.717) is 12.1 Å². The lowest BCUT2D eigenvalue weighted by molar-refractivity contribution is -0.00954. The molecule has 1 aliphatic heterocycles. The Hall–Kier alpha value is -0.340. The molecule has 0 aromatic heterocycles. The van der Waals surface area contributed by atoms with E-state index in [1.54, 1.807) is 0 Å². The van der Waals surface area contributed by atoms with Crippen molar-refractivity contribution in [1.82, 2.24) is 5.32 Å². The normalized spacial score (nSPS) is 22.9. The van der Waals surface area contributed by atoms with Crippen LogP contribution in [0.15, 0.2) is 12.7 Å². The van der Waals surface area contributed by atoms with Gasteiger partial charge in [-0.25, -0.2) is 0 Å². The zero-order valence-electron chi connectivity index (χ0n) is 10.7. The highest BCUT2D eigenvalue weighted by molar-refractivity contribution is 4.80. The summed E-state index contributed by atoms with van der Waals surface area (Å²) < 4.78 is 5.88. The van der Waals surface area contributed by atoms with Crippen molar-refractivity contribution in [3.63, 3.8) is 0 Å². The first-order valence-electron chi connectivity index (χ1n) is 6.84. The molecule has 0 radical (unpaired) electrons. The topological polar surface area (TPSA) is 21.3 Å². The predicted octanol–water partition coefficient (Wildman–Crippen LogP) is 3.28. The molecule has 2 atom stereocenters. The molecule has 1 saturated heterocycles. The number of nitrogens with one attached hydrogen (secondary N) is 1. The molecule has 16 heavy (non-hydrogen) atoms. The van der Waals surface area contributed by atoms with E-state index in [-0.39, 0.29) is 0 Å². The Labute approximate surface area is 100 Å². The number of hydrogen-bond acceptors (Lipinski definition) is 2. The van der Waals surface area contributed by atoms with E-state index in [1.807, 2.05) is 6.08 Å².